The first kappa shape index (κ1) is 15.3. The monoisotopic (exact) mass is 381 g/mol. The minimum absolute atomic E-state index is 0.195. The van der Waals surface area contributed by atoms with Crippen LogP contribution >= 0.6 is 43.2 Å². The summed E-state index contributed by atoms with van der Waals surface area (Å²) in [5.74, 6) is 0.195. The summed E-state index contributed by atoms with van der Waals surface area (Å²) in [6.07, 6.45) is 2.17. The lowest BCUT2D eigenvalue weighted by atomic mass is 10.2. The van der Waals surface area contributed by atoms with Crippen LogP contribution in [0.2, 0.25) is 0 Å². The summed E-state index contributed by atoms with van der Waals surface area (Å²) in [5.41, 5.74) is 0.791. The Hall–Kier alpha value is 0.290. The molecule has 0 atom stereocenters. The predicted molar refractivity (Wildman–Crippen MR) is 81.1 cm³/mol. The Morgan fingerprint density at radius 3 is 2.29 bits per heavy atom. The molecule has 1 aromatic rings. The molecule has 0 unspecified atom stereocenters. The highest BCUT2D eigenvalue weighted by molar-refractivity contribution is 9.12. The Kier molecular flexibility index (Phi) is 6.92. The van der Waals surface area contributed by atoms with Gasteiger partial charge in [0.2, 0.25) is 0 Å². The van der Waals surface area contributed by atoms with Gasteiger partial charge in [0.05, 0.1) is 14.1 Å². The molecule has 0 radical (unpaired) electrons. The van der Waals surface area contributed by atoms with Crippen molar-refractivity contribution in [1.82, 2.24) is 4.90 Å². The zero-order chi connectivity index (χ0) is 12.8. The Balaban J connectivity index is 2.66. The van der Waals surface area contributed by atoms with Crippen LogP contribution in [0.15, 0.2) is 13.6 Å². The van der Waals surface area contributed by atoms with Crippen molar-refractivity contribution in [3.63, 3.8) is 0 Å². The van der Waals surface area contributed by atoms with Gasteiger partial charge >= 0.3 is 0 Å². The number of carbonyl (C=O) groups excluding carboxylic acids is 1. The van der Waals surface area contributed by atoms with Crippen LogP contribution in [0.5, 0.6) is 0 Å². The zero-order valence-electron chi connectivity index (χ0n) is 10.1. The van der Waals surface area contributed by atoms with E-state index in [0.717, 1.165) is 39.1 Å². The average molecular weight is 383 g/mol. The van der Waals surface area contributed by atoms with Crippen molar-refractivity contribution in [3.05, 3.63) is 19.2 Å². The molecule has 0 saturated carbocycles. The highest BCUT2D eigenvalue weighted by Crippen LogP contribution is 2.32. The standard InChI is InChI=1S/C12H17Br2NOS/c1-3-5-15(6-4-2)8-10(16)9-7-11(13)17-12(9)14/h7H,3-6,8H2,1-2H3. The third-order valence-electron chi connectivity index (χ3n) is 2.40. The summed E-state index contributed by atoms with van der Waals surface area (Å²) in [4.78, 5) is 14.4. The highest BCUT2D eigenvalue weighted by Gasteiger charge is 2.16. The maximum atomic E-state index is 12.2. The summed E-state index contributed by atoms with van der Waals surface area (Å²) < 4.78 is 1.91. The lowest BCUT2D eigenvalue weighted by Crippen LogP contribution is -2.31. The molecule has 0 spiro atoms. The van der Waals surface area contributed by atoms with Crippen LogP contribution in [-0.2, 0) is 0 Å². The summed E-state index contributed by atoms with van der Waals surface area (Å²) in [7, 11) is 0. The second kappa shape index (κ2) is 7.67. The van der Waals surface area contributed by atoms with Crippen molar-refractivity contribution in [1.29, 1.82) is 0 Å². The van der Waals surface area contributed by atoms with E-state index in [-0.39, 0.29) is 5.78 Å². The van der Waals surface area contributed by atoms with Gasteiger partial charge in [-0.05, 0) is 63.9 Å². The molecule has 0 N–H and O–H groups in total. The van der Waals surface area contributed by atoms with Crippen molar-refractivity contribution in [2.24, 2.45) is 0 Å². The molecule has 0 bridgehead atoms. The Labute approximate surface area is 124 Å². The number of ketones is 1. The van der Waals surface area contributed by atoms with Gasteiger partial charge in [-0.2, -0.15) is 0 Å². The molecule has 2 nitrogen and oxygen atoms in total. The minimum Gasteiger partial charge on any atom is -0.296 e. The fourth-order valence-corrected chi connectivity index (χ4v) is 4.58. The number of hydrogen-bond acceptors (Lipinski definition) is 3. The largest absolute Gasteiger partial charge is 0.296 e. The van der Waals surface area contributed by atoms with Crippen molar-refractivity contribution < 1.29 is 4.79 Å². The number of nitrogens with zero attached hydrogens (tertiary/aromatic N) is 1. The van der Waals surface area contributed by atoms with Crippen molar-refractivity contribution in [3.8, 4) is 0 Å². The highest BCUT2D eigenvalue weighted by atomic mass is 79.9. The van der Waals surface area contributed by atoms with E-state index < -0.39 is 0 Å². The number of rotatable bonds is 7. The van der Waals surface area contributed by atoms with Gasteiger partial charge in [-0.15, -0.1) is 11.3 Å². The summed E-state index contributed by atoms with van der Waals surface area (Å²) in [6.45, 7) is 6.78. The molecule has 0 saturated heterocycles. The first-order chi connectivity index (χ1) is 8.08. The fourth-order valence-electron chi connectivity index (χ4n) is 1.72. The van der Waals surface area contributed by atoms with Crippen LogP contribution in [0, 0.1) is 0 Å². The topological polar surface area (TPSA) is 20.3 Å². The van der Waals surface area contributed by atoms with Crippen LogP contribution in [0.3, 0.4) is 0 Å². The first-order valence-corrected chi connectivity index (χ1v) is 8.19. The second-order valence-corrected chi connectivity index (χ2v) is 7.69. The number of hydrogen-bond donors (Lipinski definition) is 0. The lowest BCUT2D eigenvalue weighted by Gasteiger charge is -2.19. The molecule has 0 aromatic carbocycles. The molecular weight excluding hydrogens is 366 g/mol. The molecule has 0 aliphatic rings. The molecule has 1 rings (SSSR count). The third kappa shape index (κ3) is 4.81. The molecule has 1 aromatic heterocycles. The van der Waals surface area contributed by atoms with E-state index in [2.05, 4.69) is 50.6 Å². The van der Waals surface area contributed by atoms with Gasteiger partial charge < -0.3 is 0 Å². The van der Waals surface area contributed by atoms with E-state index in [9.17, 15) is 4.79 Å². The van der Waals surface area contributed by atoms with E-state index in [0.29, 0.717) is 6.54 Å². The van der Waals surface area contributed by atoms with Gasteiger partial charge in [0, 0.05) is 5.56 Å². The number of halogens is 2. The molecule has 17 heavy (non-hydrogen) atoms. The van der Waals surface area contributed by atoms with Crippen LogP contribution < -0.4 is 0 Å². The molecule has 5 heteroatoms. The average Bonchev–Trinajstić information content (AvgIpc) is 2.58. The molecule has 0 aliphatic heterocycles. The molecular formula is C12H17Br2NOS. The van der Waals surface area contributed by atoms with Crippen molar-refractivity contribution in [2.45, 2.75) is 26.7 Å². The molecule has 96 valence electrons. The van der Waals surface area contributed by atoms with Gasteiger partial charge in [0.1, 0.15) is 0 Å². The zero-order valence-corrected chi connectivity index (χ0v) is 14.1. The molecule has 0 amide bonds. The summed E-state index contributed by atoms with van der Waals surface area (Å²) in [5, 5.41) is 0. The van der Waals surface area contributed by atoms with E-state index >= 15 is 0 Å². The minimum atomic E-state index is 0.195. The van der Waals surface area contributed by atoms with Crippen molar-refractivity contribution >= 4 is 49.0 Å². The number of thiophene rings is 1. The maximum absolute atomic E-state index is 12.2. The van der Waals surface area contributed by atoms with Gasteiger partial charge in [0.25, 0.3) is 0 Å². The van der Waals surface area contributed by atoms with Crippen molar-refractivity contribution in [2.75, 3.05) is 19.6 Å². The fraction of sp³-hybridized carbons (Fsp3) is 0.583. The van der Waals surface area contributed by atoms with Gasteiger partial charge in [0.15, 0.2) is 5.78 Å². The molecule has 0 fully saturated rings. The summed E-state index contributed by atoms with van der Waals surface area (Å²) >= 11 is 8.38. The smallest absolute Gasteiger partial charge is 0.178 e. The summed E-state index contributed by atoms with van der Waals surface area (Å²) in [6, 6.07) is 1.90. The molecule has 1 heterocycles. The van der Waals surface area contributed by atoms with Gasteiger partial charge in [-0.3, -0.25) is 9.69 Å². The first-order valence-electron chi connectivity index (χ1n) is 5.78. The molecule has 0 aliphatic carbocycles. The van der Waals surface area contributed by atoms with E-state index in [1.807, 2.05) is 6.07 Å². The number of carbonyl (C=O) groups is 1. The Bertz CT molecular complexity index is 373. The van der Waals surface area contributed by atoms with E-state index in [4.69, 9.17) is 0 Å². The normalized spacial score (nSPS) is 11.1. The predicted octanol–water partition coefficient (Wildman–Crippen LogP) is 4.58. The van der Waals surface area contributed by atoms with E-state index in [1.54, 1.807) is 11.3 Å². The number of Topliss-reactive ketones (excluding diaryl/α,β-unsaturated/α-hetero) is 1. The van der Waals surface area contributed by atoms with Gasteiger partial charge in [-0.25, -0.2) is 0 Å². The second-order valence-electron chi connectivity index (χ2n) is 3.94. The van der Waals surface area contributed by atoms with E-state index in [1.165, 1.54) is 0 Å². The Morgan fingerprint density at radius 1 is 1.29 bits per heavy atom. The third-order valence-corrected chi connectivity index (χ3v) is 4.74. The quantitative estimate of drug-likeness (QED) is 0.643. The van der Waals surface area contributed by atoms with Crippen LogP contribution in [0.4, 0.5) is 0 Å². The lowest BCUT2D eigenvalue weighted by molar-refractivity contribution is 0.0930. The van der Waals surface area contributed by atoms with Gasteiger partial charge in [-0.1, -0.05) is 13.8 Å². The maximum Gasteiger partial charge on any atom is 0.178 e. The van der Waals surface area contributed by atoms with Crippen LogP contribution in [0.1, 0.15) is 37.0 Å². The van der Waals surface area contributed by atoms with Crippen LogP contribution in [-0.4, -0.2) is 30.3 Å². The van der Waals surface area contributed by atoms with Crippen LogP contribution in [0.25, 0.3) is 0 Å². The SMILES string of the molecule is CCCN(CCC)CC(=O)c1cc(Br)sc1Br. The Morgan fingerprint density at radius 2 is 1.88 bits per heavy atom.